The van der Waals surface area contributed by atoms with Crippen molar-refractivity contribution in [1.82, 2.24) is 0 Å². The van der Waals surface area contributed by atoms with Gasteiger partial charge in [0.05, 0.1) is 11.7 Å². The maximum atomic E-state index is 12.8. The Hall–Kier alpha value is -0.930. The van der Waals surface area contributed by atoms with E-state index in [1.807, 2.05) is 0 Å². The predicted molar refractivity (Wildman–Crippen MR) is 68.9 cm³/mol. The van der Waals surface area contributed by atoms with Crippen molar-refractivity contribution in [3.63, 3.8) is 0 Å². The Balaban J connectivity index is 2.05. The molecular weight excluding hydrogens is 231 g/mol. The SMILES string of the molecule is COC1(C(O)Cc2ccc(F)cc2)CCCCC1. The molecule has 3 heteroatoms. The molecule has 1 aromatic carbocycles. The van der Waals surface area contributed by atoms with E-state index in [-0.39, 0.29) is 5.82 Å². The summed E-state index contributed by atoms with van der Waals surface area (Å²) < 4.78 is 18.4. The van der Waals surface area contributed by atoms with Gasteiger partial charge < -0.3 is 9.84 Å². The van der Waals surface area contributed by atoms with Crippen molar-refractivity contribution in [2.24, 2.45) is 0 Å². The van der Waals surface area contributed by atoms with E-state index in [2.05, 4.69) is 0 Å². The first-order chi connectivity index (χ1) is 8.66. The number of aliphatic hydroxyl groups is 1. The Morgan fingerprint density at radius 2 is 1.83 bits per heavy atom. The minimum atomic E-state index is -0.520. The topological polar surface area (TPSA) is 29.5 Å². The molecule has 0 aliphatic heterocycles. The van der Waals surface area contributed by atoms with Gasteiger partial charge in [-0.05, 0) is 30.5 Å². The molecule has 1 saturated carbocycles. The highest BCUT2D eigenvalue weighted by Crippen LogP contribution is 2.35. The average molecular weight is 252 g/mol. The molecule has 0 bridgehead atoms. The molecule has 2 nitrogen and oxygen atoms in total. The molecule has 1 aromatic rings. The van der Waals surface area contributed by atoms with Crippen LogP contribution in [0.2, 0.25) is 0 Å². The van der Waals surface area contributed by atoms with Crippen LogP contribution < -0.4 is 0 Å². The first-order valence-electron chi connectivity index (χ1n) is 6.64. The number of halogens is 1. The van der Waals surface area contributed by atoms with E-state index in [0.717, 1.165) is 31.2 Å². The third kappa shape index (κ3) is 2.90. The Kier molecular flexibility index (Phi) is 4.36. The Morgan fingerprint density at radius 1 is 1.22 bits per heavy atom. The summed E-state index contributed by atoms with van der Waals surface area (Å²) in [7, 11) is 1.68. The van der Waals surface area contributed by atoms with Gasteiger partial charge in [-0.15, -0.1) is 0 Å². The second-order valence-electron chi connectivity index (χ2n) is 5.18. The van der Waals surface area contributed by atoms with Crippen LogP contribution in [0.5, 0.6) is 0 Å². The molecule has 0 saturated heterocycles. The molecule has 1 fully saturated rings. The van der Waals surface area contributed by atoms with Crippen molar-refractivity contribution in [3.8, 4) is 0 Å². The monoisotopic (exact) mass is 252 g/mol. The zero-order chi connectivity index (χ0) is 13.0. The number of hydrogen-bond donors (Lipinski definition) is 1. The van der Waals surface area contributed by atoms with Gasteiger partial charge in [0.15, 0.2) is 0 Å². The van der Waals surface area contributed by atoms with Gasteiger partial charge in [0.1, 0.15) is 5.82 Å². The van der Waals surface area contributed by atoms with Crippen LogP contribution in [0.4, 0.5) is 4.39 Å². The fourth-order valence-corrected chi connectivity index (χ4v) is 2.85. The van der Waals surface area contributed by atoms with Gasteiger partial charge in [0.25, 0.3) is 0 Å². The Bertz CT molecular complexity index is 369. The first-order valence-corrected chi connectivity index (χ1v) is 6.64. The molecule has 1 aliphatic carbocycles. The molecule has 100 valence electrons. The maximum Gasteiger partial charge on any atom is 0.123 e. The van der Waals surface area contributed by atoms with Crippen LogP contribution in [-0.2, 0) is 11.2 Å². The van der Waals surface area contributed by atoms with Crippen LogP contribution in [0.25, 0.3) is 0 Å². The lowest BCUT2D eigenvalue weighted by molar-refractivity contribution is -0.122. The lowest BCUT2D eigenvalue weighted by Crippen LogP contribution is -2.46. The summed E-state index contributed by atoms with van der Waals surface area (Å²) in [6.45, 7) is 0. The van der Waals surface area contributed by atoms with E-state index in [9.17, 15) is 9.50 Å². The number of hydrogen-bond acceptors (Lipinski definition) is 2. The summed E-state index contributed by atoms with van der Waals surface area (Å²) in [5, 5.41) is 10.4. The predicted octanol–water partition coefficient (Wildman–Crippen LogP) is 3.08. The molecule has 0 spiro atoms. The van der Waals surface area contributed by atoms with E-state index in [1.54, 1.807) is 19.2 Å². The van der Waals surface area contributed by atoms with Crippen molar-refractivity contribution in [2.45, 2.75) is 50.2 Å². The fourth-order valence-electron chi connectivity index (χ4n) is 2.85. The van der Waals surface area contributed by atoms with Crippen LogP contribution in [-0.4, -0.2) is 23.9 Å². The molecule has 1 unspecified atom stereocenters. The molecule has 18 heavy (non-hydrogen) atoms. The van der Waals surface area contributed by atoms with Gasteiger partial charge in [-0.25, -0.2) is 4.39 Å². The van der Waals surface area contributed by atoms with E-state index >= 15 is 0 Å². The van der Waals surface area contributed by atoms with Gasteiger partial charge in [-0.1, -0.05) is 31.4 Å². The normalized spacial score (nSPS) is 20.6. The van der Waals surface area contributed by atoms with E-state index in [1.165, 1.54) is 18.6 Å². The average Bonchev–Trinajstić information content (AvgIpc) is 2.42. The largest absolute Gasteiger partial charge is 0.390 e. The van der Waals surface area contributed by atoms with E-state index < -0.39 is 11.7 Å². The van der Waals surface area contributed by atoms with E-state index in [0.29, 0.717) is 6.42 Å². The third-order valence-electron chi connectivity index (χ3n) is 4.06. The molecule has 1 aliphatic rings. The van der Waals surface area contributed by atoms with Gasteiger partial charge in [-0.2, -0.15) is 0 Å². The summed E-state index contributed by atoms with van der Waals surface area (Å²) in [5.74, 6) is -0.243. The smallest absolute Gasteiger partial charge is 0.123 e. The highest BCUT2D eigenvalue weighted by molar-refractivity contribution is 5.17. The highest BCUT2D eigenvalue weighted by Gasteiger charge is 2.38. The summed E-state index contributed by atoms with van der Waals surface area (Å²) in [5.41, 5.74) is 0.540. The Labute approximate surface area is 108 Å². The fraction of sp³-hybridized carbons (Fsp3) is 0.600. The second-order valence-corrected chi connectivity index (χ2v) is 5.18. The van der Waals surface area contributed by atoms with Crippen LogP contribution in [0, 0.1) is 5.82 Å². The zero-order valence-corrected chi connectivity index (χ0v) is 10.9. The van der Waals surface area contributed by atoms with Crippen LogP contribution >= 0.6 is 0 Å². The number of ether oxygens (including phenoxy) is 1. The van der Waals surface area contributed by atoms with Gasteiger partial charge in [0.2, 0.25) is 0 Å². The molecule has 0 aromatic heterocycles. The molecule has 0 amide bonds. The quantitative estimate of drug-likeness (QED) is 0.892. The number of aliphatic hydroxyl groups excluding tert-OH is 1. The molecular formula is C15H21FO2. The standard InChI is InChI=1S/C15H21FO2/c1-18-15(9-3-2-4-10-15)14(17)11-12-5-7-13(16)8-6-12/h5-8,14,17H,2-4,9-11H2,1H3. The summed E-state index contributed by atoms with van der Waals surface area (Å²) in [6, 6.07) is 6.32. The van der Waals surface area contributed by atoms with Crippen LogP contribution in [0.1, 0.15) is 37.7 Å². The van der Waals surface area contributed by atoms with Crippen LogP contribution in [0.3, 0.4) is 0 Å². The number of methoxy groups -OCH3 is 1. The van der Waals surface area contributed by atoms with Crippen molar-refractivity contribution in [2.75, 3.05) is 7.11 Å². The molecule has 1 N–H and O–H groups in total. The summed E-state index contributed by atoms with van der Waals surface area (Å²) in [4.78, 5) is 0. The minimum Gasteiger partial charge on any atom is -0.390 e. The second kappa shape index (κ2) is 5.81. The summed E-state index contributed by atoms with van der Waals surface area (Å²) >= 11 is 0. The molecule has 0 heterocycles. The Morgan fingerprint density at radius 3 is 2.39 bits per heavy atom. The highest BCUT2D eigenvalue weighted by atomic mass is 19.1. The van der Waals surface area contributed by atoms with Crippen molar-refractivity contribution >= 4 is 0 Å². The molecule has 0 radical (unpaired) electrons. The minimum absolute atomic E-state index is 0.243. The van der Waals surface area contributed by atoms with Gasteiger partial charge >= 0.3 is 0 Å². The van der Waals surface area contributed by atoms with Crippen molar-refractivity contribution < 1.29 is 14.2 Å². The zero-order valence-electron chi connectivity index (χ0n) is 10.9. The number of benzene rings is 1. The number of rotatable bonds is 4. The van der Waals surface area contributed by atoms with E-state index in [4.69, 9.17) is 4.74 Å². The summed E-state index contributed by atoms with van der Waals surface area (Å²) in [6.07, 6.45) is 5.25. The van der Waals surface area contributed by atoms with Crippen molar-refractivity contribution in [3.05, 3.63) is 35.6 Å². The first kappa shape index (κ1) is 13.5. The van der Waals surface area contributed by atoms with Gasteiger partial charge in [-0.3, -0.25) is 0 Å². The molecule has 2 rings (SSSR count). The molecule has 1 atom stereocenters. The van der Waals surface area contributed by atoms with Crippen LogP contribution in [0.15, 0.2) is 24.3 Å². The van der Waals surface area contributed by atoms with Gasteiger partial charge in [0, 0.05) is 13.5 Å². The lowest BCUT2D eigenvalue weighted by Gasteiger charge is -2.40. The third-order valence-corrected chi connectivity index (χ3v) is 4.06. The van der Waals surface area contributed by atoms with Crippen molar-refractivity contribution in [1.29, 1.82) is 0 Å². The lowest BCUT2D eigenvalue weighted by atomic mass is 9.78. The maximum absolute atomic E-state index is 12.8.